The lowest BCUT2D eigenvalue weighted by Crippen LogP contribution is -2.55. The van der Waals surface area contributed by atoms with Gasteiger partial charge in [-0.25, -0.2) is 4.39 Å². The first kappa shape index (κ1) is 22.1. The van der Waals surface area contributed by atoms with Crippen LogP contribution in [0.4, 0.5) is 27.6 Å². The normalized spacial score (nSPS) is 23.2. The quantitative estimate of drug-likeness (QED) is 0.426. The minimum absolute atomic E-state index is 0.0421. The van der Waals surface area contributed by atoms with Gasteiger partial charge in [0, 0.05) is 28.2 Å². The molecule has 170 valence electrons. The van der Waals surface area contributed by atoms with Crippen LogP contribution < -0.4 is 10.9 Å². The van der Waals surface area contributed by atoms with Gasteiger partial charge < -0.3 is 20.5 Å². The van der Waals surface area contributed by atoms with Gasteiger partial charge >= 0.3 is 6.18 Å². The number of aromatic amines is 1. The number of aliphatic hydroxyl groups is 1. The molecule has 0 saturated heterocycles. The number of aromatic hydroxyl groups is 1. The van der Waals surface area contributed by atoms with Crippen LogP contribution in [0.5, 0.6) is 5.75 Å². The van der Waals surface area contributed by atoms with Crippen LogP contribution in [0, 0.1) is 11.6 Å². The van der Waals surface area contributed by atoms with Gasteiger partial charge in [-0.05, 0) is 48.6 Å². The van der Waals surface area contributed by atoms with E-state index in [1.54, 1.807) is 0 Å². The monoisotopic (exact) mass is 454 g/mol. The number of fused-ring (bicyclic) bond motifs is 2. The molecular formula is C22H19F5N2O3. The van der Waals surface area contributed by atoms with Crippen molar-refractivity contribution >= 4 is 16.5 Å². The van der Waals surface area contributed by atoms with Crippen molar-refractivity contribution in [3.63, 3.8) is 0 Å². The molecule has 4 rings (SSSR count). The van der Waals surface area contributed by atoms with E-state index in [-0.39, 0.29) is 28.4 Å². The summed E-state index contributed by atoms with van der Waals surface area (Å²) in [7, 11) is 0. The van der Waals surface area contributed by atoms with Crippen molar-refractivity contribution < 1.29 is 32.2 Å². The lowest BCUT2D eigenvalue weighted by molar-refractivity contribution is -0.272. The predicted molar refractivity (Wildman–Crippen MR) is 108 cm³/mol. The van der Waals surface area contributed by atoms with Gasteiger partial charge in [0.1, 0.15) is 0 Å². The van der Waals surface area contributed by atoms with Gasteiger partial charge in [-0.3, -0.25) is 4.79 Å². The van der Waals surface area contributed by atoms with Crippen LogP contribution >= 0.6 is 0 Å². The molecule has 1 aromatic heterocycles. The maximum atomic E-state index is 14.2. The lowest BCUT2D eigenvalue weighted by atomic mass is 9.69. The molecule has 0 fully saturated rings. The predicted octanol–water partition coefficient (Wildman–Crippen LogP) is 4.86. The van der Waals surface area contributed by atoms with Gasteiger partial charge in [-0.15, -0.1) is 0 Å². The van der Waals surface area contributed by atoms with Crippen molar-refractivity contribution in [2.75, 3.05) is 5.32 Å². The number of anilines is 1. The molecule has 0 aliphatic heterocycles. The van der Waals surface area contributed by atoms with Crippen molar-refractivity contribution in [2.24, 2.45) is 0 Å². The Hall–Kier alpha value is -3.14. The molecule has 10 heteroatoms. The summed E-state index contributed by atoms with van der Waals surface area (Å²) < 4.78 is 70.8. The Bertz CT molecular complexity index is 1260. The fourth-order valence-electron chi connectivity index (χ4n) is 4.49. The average molecular weight is 454 g/mol. The van der Waals surface area contributed by atoms with E-state index in [0.717, 1.165) is 0 Å². The molecule has 1 aliphatic rings. The van der Waals surface area contributed by atoms with Crippen molar-refractivity contribution in [2.45, 2.75) is 43.5 Å². The van der Waals surface area contributed by atoms with E-state index >= 15 is 0 Å². The van der Waals surface area contributed by atoms with Gasteiger partial charge in [0.05, 0.1) is 6.04 Å². The lowest BCUT2D eigenvalue weighted by Gasteiger charge is -2.46. The van der Waals surface area contributed by atoms with Crippen LogP contribution in [-0.4, -0.2) is 27.0 Å². The molecule has 5 nitrogen and oxygen atoms in total. The fraction of sp³-hybridized carbons (Fsp3) is 0.318. The summed E-state index contributed by atoms with van der Waals surface area (Å²) in [6.07, 6.45) is -4.66. The molecule has 1 heterocycles. The summed E-state index contributed by atoms with van der Waals surface area (Å²) in [5, 5.41) is 24.2. The van der Waals surface area contributed by atoms with E-state index in [0.29, 0.717) is 6.07 Å². The highest BCUT2D eigenvalue weighted by atomic mass is 19.4. The van der Waals surface area contributed by atoms with E-state index in [4.69, 9.17) is 0 Å². The molecule has 1 aliphatic carbocycles. The number of nitrogens with one attached hydrogen (secondary N) is 2. The summed E-state index contributed by atoms with van der Waals surface area (Å²) in [4.78, 5) is 14.5. The number of H-pyrrole nitrogens is 1. The standard InChI is InChI=1S/C22H19F5N2O3/c1-2-10-9-21(32,22(25,26)27)19(13-8-14(23)17(24)18(30)16(10)13)29-15-5-3-4-12-11(15)6-7-28-20(12)31/h3-8,10,19,29-30,32H,2,9H2,1H3,(H,28,31)/t10-,19?,21-/m1/s1. The van der Waals surface area contributed by atoms with Crippen LogP contribution in [0.2, 0.25) is 0 Å². The Morgan fingerprint density at radius 2 is 1.94 bits per heavy atom. The summed E-state index contributed by atoms with van der Waals surface area (Å²) in [5.41, 5.74) is -4.35. The minimum atomic E-state index is -5.14. The van der Waals surface area contributed by atoms with Crippen molar-refractivity contribution in [3.8, 4) is 5.75 Å². The van der Waals surface area contributed by atoms with Gasteiger partial charge in [-0.1, -0.05) is 13.0 Å². The second-order valence-electron chi connectivity index (χ2n) is 7.91. The Kier molecular flexibility index (Phi) is 5.15. The number of phenols is 1. The van der Waals surface area contributed by atoms with E-state index in [1.807, 2.05) is 0 Å². The number of halogens is 5. The molecule has 3 atom stereocenters. The molecule has 0 spiro atoms. The van der Waals surface area contributed by atoms with E-state index in [1.165, 1.54) is 37.4 Å². The van der Waals surface area contributed by atoms with E-state index in [9.17, 15) is 37.0 Å². The van der Waals surface area contributed by atoms with Crippen LogP contribution in [0.15, 0.2) is 41.3 Å². The van der Waals surface area contributed by atoms with Crippen LogP contribution in [-0.2, 0) is 0 Å². The molecule has 32 heavy (non-hydrogen) atoms. The Morgan fingerprint density at radius 3 is 2.59 bits per heavy atom. The molecule has 3 aromatic rings. The summed E-state index contributed by atoms with van der Waals surface area (Å²) in [6.45, 7) is 1.52. The van der Waals surface area contributed by atoms with Crippen molar-refractivity contribution in [1.29, 1.82) is 0 Å². The van der Waals surface area contributed by atoms with Crippen LogP contribution in [0.3, 0.4) is 0 Å². The Morgan fingerprint density at radius 1 is 1.22 bits per heavy atom. The zero-order valence-corrected chi connectivity index (χ0v) is 16.7. The first-order valence-corrected chi connectivity index (χ1v) is 9.86. The largest absolute Gasteiger partial charge is 0.505 e. The number of rotatable bonds is 3. The summed E-state index contributed by atoms with van der Waals surface area (Å²) in [5.74, 6) is -5.24. The summed E-state index contributed by atoms with van der Waals surface area (Å²) in [6, 6.07) is 4.37. The number of phenolic OH excluding ortho intramolecular Hbond substituents is 1. The molecule has 2 aromatic carbocycles. The summed E-state index contributed by atoms with van der Waals surface area (Å²) >= 11 is 0. The molecule has 0 radical (unpaired) electrons. The molecule has 0 saturated carbocycles. The van der Waals surface area contributed by atoms with Gasteiger partial charge in [0.25, 0.3) is 5.56 Å². The second kappa shape index (κ2) is 7.47. The SMILES string of the molecule is CC[C@@H]1C[C@](O)(C(F)(F)F)C(Nc2cccc3c(=O)[nH]ccc23)c2cc(F)c(F)c(O)c21. The zero-order valence-electron chi connectivity index (χ0n) is 16.7. The van der Waals surface area contributed by atoms with Gasteiger partial charge in [-0.2, -0.15) is 17.6 Å². The van der Waals surface area contributed by atoms with Crippen molar-refractivity contribution in [3.05, 3.63) is 69.6 Å². The van der Waals surface area contributed by atoms with Gasteiger partial charge in [0.2, 0.25) is 5.82 Å². The highest BCUT2D eigenvalue weighted by Gasteiger charge is 2.62. The topological polar surface area (TPSA) is 85.4 Å². The highest BCUT2D eigenvalue weighted by Crippen LogP contribution is 2.55. The Balaban J connectivity index is 1.98. The minimum Gasteiger partial charge on any atom is -0.505 e. The molecular weight excluding hydrogens is 435 g/mol. The number of pyridine rings is 1. The first-order valence-electron chi connectivity index (χ1n) is 9.86. The zero-order chi connectivity index (χ0) is 23.4. The third kappa shape index (κ3) is 3.21. The number of hydrogen-bond acceptors (Lipinski definition) is 4. The average Bonchev–Trinajstić information content (AvgIpc) is 2.73. The third-order valence-corrected chi connectivity index (χ3v) is 6.12. The number of benzene rings is 2. The number of alkyl halides is 3. The van der Waals surface area contributed by atoms with E-state index < -0.39 is 58.7 Å². The fourth-order valence-corrected chi connectivity index (χ4v) is 4.49. The number of hydrogen-bond donors (Lipinski definition) is 4. The first-order chi connectivity index (χ1) is 15.0. The molecule has 0 bridgehead atoms. The van der Waals surface area contributed by atoms with Crippen LogP contribution in [0.1, 0.15) is 42.9 Å². The second-order valence-corrected chi connectivity index (χ2v) is 7.91. The maximum absolute atomic E-state index is 14.2. The third-order valence-electron chi connectivity index (χ3n) is 6.12. The van der Waals surface area contributed by atoms with Crippen molar-refractivity contribution in [1.82, 2.24) is 4.98 Å². The molecule has 0 amide bonds. The molecule has 1 unspecified atom stereocenters. The Labute approximate surface area is 178 Å². The molecule has 4 N–H and O–H groups in total. The van der Waals surface area contributed by atoms with E-state index in [2.05, 4.69) is 10.3 Å². The highest BCUT2D eigenvalue weighted by molar-refractivity contribution is 5.93. The number of aromatic nitrogens is 1. The maximum Gasteiger partial charge on any atom is 0.419 e. The van der Waals surface area contributed by atoms with Crippen LogP contribution in [0.25, 0.3) is 10.8 Å². The smallest absolute Gasteiger partial charge is 0.419 e. The van der Waals surface area contributed by atoms with Gasteiger partial charge in [0.15, 0.2) is 17.2 Å².